The van der Waals surface area contributed by atoms with Gasteiger partial charge in [-0.25, -0.2) is 19.7 Å². The number of aryl methyl sites for hydroxylation is 2. The summed E-state index contributed by atoms with van der Waals surface area (Å²) < 4.78 is 3.36. The molecule has 1 aliphatic rings. The molecule has 0 atom stereocenters. The van der Waals surface area contributed by atoms with Crippen LogP contribution < -0.4 is 5.69 Å². The van der Waals surface area contributed by atoms with Gasteiger partial charge in [0.15, 0.2) is 17.5 Å². The molecule has 0 aliphatic heterocycles. The van der Waals surface area contributed by atoms with Crippen molar-refractivity contribution >= 4 is 11.0 Å². The molecular formula is C45H35N5O. The van der Waals surface area contributed by atoms with Gasteiger partial charge in [0.05, 0.1) is 11.0 Å². The largest absolute Gasteiger partial charge is 0.328 e. The number of aromatic nitrogens is 5. The zero-order valence-corrected chi connectivity index (χ0v) is 28.9. The Morgan fingerprint density at radius 3 is 1.69 bits per heavy atom. The number of nitrogens with zero attached hydrogens (tertiary/aromatic N) is 5. The molecule has 8 aromatic rings. The van der Waals surface area contributed by atoms with Crippen LogP contribution in [0.1, 0.15) is 25.0 Å². The van der Waals surface area contributed by atoms with Gasteiger partial charge in [0.25, 0.3) is 0 Å². The number of imidazole rings is 1. The Balaban J connectivity index is 1.14. The SMILES string of the molecule is Cn1c(=O)n(C)c2cc(-c3ccc(-c4nc(-c5ccccc5)nc(-c5ccc6c(c5)C(C)(C)c5cccc(-c7ccccc7)c5-6)n4)cc3)ccc21. The Hall–Kier alpha value is -6.40. The molecule has 0 bridgehead atoms. The molecule has 0 fully saturated rings. The third kappa shape index (κ3) is 4.94. The van der Waals surface area contributed by atoms with E-state index in [1.54, 1.807) is 16.2 Å². The lowest BCUT2D eigenvalue weighted by atomic mass is 9.81. The number of fused-ring (bicyclic) bond motifs is 4. The van der Waals surface area contributed by atoms with Crippen molar-refractivity contribution in [3.63, 3.8) is 0 Å². The van der Waals surface area contributed by atoms with Crippen molar-refractivity contribution in [2.45, 2.75) is 19.3 Å². The average molecular weight is 662 g/mol. The summed E-state index contributed by atoms with van der Waals surface area (Å²) in [7, 11) is 3.61. The smallest absolute Gasteiger partial charge is 0.295 e. The van der Waals surface area contributed by atoms with Crippen LogP contribution in [0, 0.1) is 0 Å². The molecule has 0 unspecified atom stereocenters. The Kier molecular flexibility index (Phi) is 6.97. The normalized spacial score (nSPS) is 12.9. The maximum atomic E-state index is 12.5. The molecule has 2 aromatic heterocycles. The molecule has 51 heavy (non-hydrogen) atoms. The van der Waals surface area contributed by atoms with E-state index in [1.165, 1.54) is 33.4 Å². The molecule has 246 valence electrons. The number of hydrogen-bond acceptors (Lipinski definition) is 4. The lowest BCUT2D eigenvalue weighted by molar-refractivity contribution is 0.660. The highest BCUT2D eigenvalue weighted by molar-refractivity contribution is 5.93. The van der Waals surface area contributed by atoms with Crippen LogP contribution >= 0.6 is 0 Å². The van der Waals surface area contributed by atoms with E-state index in [9.17, 15) is 4.79 Å². The summed E-state index contributed by atoms with van der Waals surface area (Å²) in [6.07, 6.45) is 0. The summed E-state index contributed by atoms with van der Waals surface area (Å²) in [4.78, 5) is 27.6. The van der Waals surface area contributed by atoms with Crippen LogP contribution in [0.5, 0.6) is 0 Å². The van der Waals surface area contributed by atoms with Crippen molar-refractivity contribution in [1.29, 1.82) is 0 Å². The average Bonchev–Trinajstić information content (AvgIpc) is 3.55. The van der Waals surface area contributed by atoms with Crippen molar-refractivity contribution in [2.24, 2.45) is 14.1 Å². The number of rotatable bonds is 5. The number of hydrogen-bond donors (Lipinski definition) is 0. The molecule has 0 amide bonds. The van der Waals surface area contributed by atoms with Gasteiger partial charge >= 0.3 is 5.69 Å². The van der Waals surface area contributed by atoms with Gasteiger partial charge in [-0.2, -0.15) is 0 Å². The van der Waals surface area contributed by atoms with Crippen LogP contribution in [0.15, 0.2) is 144 Å². The van der Waals surface area contributed by atoms with E-state index in [4.69, 9.17) is 15.0 Å². The Bertz CT molecular complexity index is 2690. The van der Waals surface area contributed by atoms with E-state index in [0.717, 1.165) is 38.9 Å². The first kappa shape index (κ1) is 30.6. The summed E-state index contributed by atoms with van der Waals surface area (Å²) in [5.74, 6) is 1.88. The highest BCUT2D eigenvalue weighted by Gasteiger charge is 2.37. The Morgan fingerprint density at radius 2 is 1.00 bits per heavy atom. The second kappa shape index (κ2) is 11.6. The Morgan fingerprint density at radius 1 is 0.451 bits per heavy atom. The maximum Gasteiger partial charge on any atom is 0.328 e. The van der Waals surface area contributed by atoms with E-state index in [0.29, 0.717) is 17.5 Å². The lowest BCUT2D eigenvalue weighted by Crippen LogP contribution is -2.19. The van der Waals surface area contributed by atoms with Gasteiger partial charge in [-0.05, 0) is 62.7 Å². The van der Waals surface area contributed by atoms with E-state index < -0.39 is 0 Å². The van der Waals surface area contributed by atoms with Crippen molar-refractivity contribution in [2.75, 3.05) is 0 Å². The molecule has 1 aliphatic carbocycles. The second-order valence-electron chi connectivity index (χ2n) is 13.8. The van der Waals surface area contributed by atoms with E-state index in [-0.39, 0.29) is 11.1 Å². The van der Waals surface area contributed by atoms with Crippen LogP contribution in [-0.4, -0.2) is 24.1 Å². The second-order valence-corrected chi connectivity index (χ2v) is 13.8. The minimum Gasteiger partial charge on any atom is -0.295 e. The molecule has 6 heteroatoms. The molecule has 0 radical (unpaired) electrons. The zero-order valence-electron chi connectivity index (χ0n) is 28.9. The van der Waals surface area contributed by atoms with Gasteiger partial charge < -0.3 is 0 Å². The topological polar surface area (TPSA) is 65.6 Å². The first-order chi connectivity index (χ1) is 24.8. The highest BCUT2D eigenvalue weighted by Crippen LogP contribution is 2.52. The molecule has 2 heterocycles. The minimum atomic E-state index is -0.200. The van der Waals surface area contributed by atoms with Crippen molar-refractivity contribution < 1.29 is 0 Å². The minimum absolute atomic E-state index is 0.0363. The highest BCUT2D eigenvalue weighted by atomic mass is 16.1. The van der Waals surface area contributed by atoms with Gasteiger partial charge in [0, 0.05) is 36.2 Å². The van der Waals surface area contributed by atoms with Gasteiger partial charge in [-0.15, -0.1) is 0 Å². The lowest BCUT2D eigenvalue weighted by Gasteiger charge is -2.22. The molecule has 0 saturated carbocycles. The molecule has 0 spiro atoms. The zero-order chi connectivity index (χ0) is 34.9. The first-order valence-corrected chi connectivity index (χ1v) is 17.2. The molecular weight excluding hydrogens is 627 g/mol. The first-order valence-electron chi connectivity index (χ1n) is 17.2. The molecule has 6 nitrogen and oxygen atoms in total. The van der Waals surface area contributed by atoms with E-state index in [1.807, 2.05) is 43.4 Å². The predicted octanol–water partition coefficient (Wildman–Crippen LogP) is 9.70. The summed E-state index contributed by atoms with van der Waals surface area (Å²) in [5, 5.41) is 0. The third-order valence-corrected chi connectivity index (χ3v) is 10.5. The van der Waals surface area contributed by atoms with Crippen LogP contribution in [0.4, 0.5) is 0 Å². The molecule has 6 aromatic carbocycles. The van der Waals surface area contributed by atoms with E-state index in [2.05, 4.69) is 117 Å². The van der Waals surface area contributed by atoms with Crippen LogP contribution in [0.3, 0.4) is 0 Å². The van der Waals surface area contributed by atoms with Crippen molar-refractivity contribution in [1.82, 2.24) is 24.1 Å². The van der Waals surface area contributed by atoms with Crippen LogP contribution in [0.25, 0.3) is 78.6 Å². The van der Waals surface area contributed by atoms with Gasteiger partial charge in [-0.1, -0.05) is 135 Å². The van der Waals surface area contributed by atoms with E-state index >= 15 is 0 Å². The maximum absolute atomic E-state index is 12.5. The molecule has 0 N–H and O–H groups in total. The van der Waals surface area contributed by atoms with Gasteiger partial charge in [-0.3, -0.25) is 9.13 Å². The van der Waals surface area contributed by atoms with Gasteiger partial charge in [0.2, 0.25) is 0 Å². The third-order valence-electron chi connectivity index (χ3n) is 10.5. The Labute approximate surface area is 296 Å². The molecule has 0 saturated heterocycles. The molecule has 9 rings (SSSR count). The van der Waals surface area contributed by atoms with Gasteiger partial charge in [0.1, 0.15) is 0 Å². The summed E-state index contributed by atoms with van der Waals surface area (Å²) in [6.45, 7) is 4.61. The van der Waals surface area contributed by atoms with Crippen LogP contribution in [-0.2, 0) is 19.5 Å². The predicted molar refractivity (Wildman–Crippen MR) is 206 cm³/mol. The monoisotopic (exact) mass is 661 g/mol. The standard InChI is InChI=1S/C45H35N5O/c1-45(2)36-17-11-16-34(29-12-7-5-8-13-29)40(36)35-24-22-33(26-37(35)45)43-47-41(30-14-9-6-10-15-30)46-42(48-43)31-20-18-28(19-21-31)32-23-25-38-39(27-32)50(4)44(51)49(38)3/h5-27H,1-4H3. The summed E-state index contributed by atoms with van der Waals surface area (Å²) in [6, 6.07) is 48.5. The van der Waals surface area contributed by atoms with Crippen molar-refractivity contribution in [3.8, 4) is 67.5 Å². The fourth-order valence-electron chi connectivity index (χ4n) is 7.63. The van der Waals surface area contributed by atoms with Crippen LogP contribution in [0.2, 0.25) is 0 Å². The quantitative estimate of drug-likeness (QED) is 0.184. The summed E-state index contributed by atoms with van der Waals surface area (Å²) in [5.41, 5.74) is 14.0. The number of benzene rings is 6. The fourth-order valence-corrected chi connectivity index (χ4v) is 7.63. The van der Waals surface area contributed by atoms with Crippen molar-refractivity contribution in [3.05, 3.63) is 161 Å². The fraction of sp³-hybridized carbons (Fsp3) is 0.111. The summed E-state index contributed by atoms with van der Waals surface area (Å²) >= 11 is 0.